The molecular formula is C15H18N3O2. The predicted octanol–water partition coefficient (Wildman–Crippen LogP) is 0.996. The van der Waals surface area contributed by atoms with E-state index < -0.39 is 0 Å². The zero-order chi connectivity index (χ0) is 13.9. The summed E-state index contributed by atoms with van der Waals surface area (Å²) in [7, 11) is 0. The summed E-state index contributed by atoms with van der Waals surface area (Å²) >= 11 is 0. The van der Waals surface area contributed by atoms with E-state index in [1.165, 1.54) is 0 Å². The molecule has 20 heavy (non-hydrogen) atoms. The minimum atomic E-state index is -0.150. The van der Waals surface area contributed by atoms with Crippen LogP contribution in [0.1, 0.15) is 31.0 Å². The van der Waals surface area contributed by atoms with E-state index in [1.54, 1.807) is 4.90 Å². The maximum atomic E-state index is 11.8. The Labute approximate surface area is 118 Å². The molecule has 2 atom stereocenters. The number of carbonyl (C=O) groups is 1. The molecule has 2 heterocycles. The van der Waals surface area contributed by atoms with Crippen molar-refractivity contribution in [3.63, 3.8) is 0 Å². The molecule has 5 nitrogen and oxygen atoms in total. The average molecular weight is 272 g/mol. The van der Waals surface area contributed by atoms with Crippen LogP contribution in [0.3, 0.4) is 0 Å². The van der Waals surface area contributed by atoms with Gasteiger partial charge in [-0.15, -0.1) is 0 Å². The van der Waals surface area contributed by atoms with Crippen molar-refractivity contribution in [2.24, 2.45) is 0 Å². The van der Waals surface area contributed by atoms with Gasteiger partial charge < -0.3 is 10.2 Å². The summed E-state index contributed by atoms with van der Waals surface area (Å²) in [6, 6.07) is 9.88. The van der Waals surface area contributed by atoms with Crippen LogP contribution in [-0.4, -0.2) is 41.4 Å². The zero-order valence-corrected chi connectivity index (χ0v) is 11.3. The highest BCUT2D eigenvalue weighted by Crippen LogP contribution is 2.29. The summed E-state index contributed by atoms with van der Waals surface area (Å²) < 4.78 is 0. The third kappa shape index (κ3) is 2.41. The van der Waals surface area contributed by atoms with Gasteiger partial charge in [-0.2, -0.15) is 0 Å². The summed E-state index contributed by atoms with van der Waals surface area (Å²) in [5.41, 5.74) is 1.05. The maximum Gasteiger partial charge on any atom is 0.313 e. The lowest BCUT2D eigenvalue weighted by Gasteiger charge is -2.40. The number of likely N-dealkylation sites (tertiary alicyclic amines) is 1. The molecule has 0 aromatic heterocycles. The van der Waals surface area contributed by atoms with E-state index in [0.29, 0.717) is 6.54 Å². The summed E-state index contributed by atoms with van der Waals surface area (Å²) in [5, 5.41) is 2.99. The van der Waals surface area contributed by atoms with Crippen LogP contribution in [-0.2, 0) is 9.59 Å². The number of amides is 2. The van der Waals surface area contributed by atoms with Gasteiger partial charge in [0.15, 0.2) is 0 Å². The smallest absolute Gasteiger partial charge is 0.313 e. The predicted molar refractivity (Wildman–Crippen MR) is 74.1 cm³/mol. The number of nitrogens with zero attached hydrogens (tertiary/aromatic N) is 2. The van der Waals surface area contributed by atoms with Gasteiger partial charge in [-0.1, -0.05) is 30.3 Å². The molecule has 2 unspecified atom stereocenters. The van der Waals surface area contributed by atoms with Gasteiger partial charge >= 0.3 is 6.41 Å². The molecule has 2 aliphatic heterocycles. The van der Waals surface area contributed by atoms with Gasteiger partial charge in [0.2, 0.25) is 5.91 Å². The van der Waals surface area contributed by atoms with Crippen LogP contribution in [0.4, 0.5) is 0 Å². The first-order valence-electron chi connectivity index (χ1n) is 7.04. The first kappa shape index (κ1) is 13.1. The van der Waals surface area contributed by atoms with Gasteiger partial charge in [0.25, 0.3) is 0 Å². The van der Waals surface area contributed by atoms with Gasteiger partial charge in [0.05, 0.1) is 12.7 Å². The SMILES string of the molecule is O=[C]N1CCCCC1N1CC(=O)NC1c1ccccc1. The van der Waals surface area contributed by atoms with Crippen molar-refractivity contribution in [3.8, 4) is 0 Å². The van der Waals surface area contributed by atoms with Gasteiger partial charge in [-0.25, -0.2) is 4.90 Å². The lowest BCUT2D eigenvalue weighted by molar-refractivity contribution is -0.119. The topological polar surface area (TPSA) is 52.7 Å². The third-order valence-corrected chi connectivity index (χ3v) is 4.04. The van der Waals surface area contributed by atoms with Crippen LogP contribution in [0.5, 0.6) is 0 Å². The van der Waals surface area contributed by atoms with Crippen LogP contribution in [0.15, 0.2) is 30.3 Å². The fourth-order valence-corrected chi connectivity index (χ4v) is 3.09. The Kier molecular flexibility index (Phi) is 3.69. The van der Waals surface area contributed by atoms with Crippen LogP contribution >= 0.6 is 0 Å². The van der Waals surface area contributed by atoms with Crippen molar-refractivity contribution in [3.05, 3.63) is 35.9 Å². The molecule has 105 valence electrons. The molecule has 2 saturated heterocycles. The zero-order valence-electron chi connectivity index (χ0n) is 11.3. The highest BCUT2D eigenvalue weighted by molar-refractivity contribution is 5.80. The third-order valence-electron chi connectivity index (χ3n) is 4.04. The van der Waals surface area contributed by atoms with Crippen molar-refractivity contribution in [2.45, 2.75) is 31.6 Å². The number of hydrogen-bond donors (Lipinski definition) is 1. The van der Waals surface area contributed by atoms with E-state index in [0.717, 1.165) is 31.4 Å². The molecule has 1 aromatic rings. The molecule has 2 fully saturated rings. The Hall–Kier alpha value is -1.88. The van der Waals surface area contributed by atoms with Crippen LogP contribution < -0.4 is 5.32 Å². The second-order valence-corrected chi connectivity index (χ2v) is 5.31. The molecular weight excluding hydrogens is 254 g/mol. The lowest BCUT2D eigenvalue weighted by atomic mass is 10.1. The van der Waals surface area contributed by atoms with E-state index >= 15 is 0 Å². The summed E-state index contributed by atoms with van der Waals surface area (Å²) in [4.78, 5) is 26.7. The molecule has 1 radical (unpaired) electrons. The Balaban J connectivity index is 1.86. The maximum absolute atomic E-state index is 11.8. The monoisotopic (exact) mass is 272 g/mol. The van der Waals surface area contributed by atoms with E-state index in [4.69, 9.17) is 0 Å². The Morgan fingerprint density at radius 1 is 1.20 bits per heavy atom. The second-order valence-electron chi connectivity index (χ2n) is 5.31. The average Bonchev–Trinajstić information content (AvgIpc) is 2.90. The quantitative estimate of drug-likeness (QED) is 0.893. The Morgan fingerprint density at radius 3 is 2.75 bits per heavy atom. The van der Waals surface area contributed by atoms with Crippen molar-refractivity contribution < 1.29 is 9.59 Å². The molecule has 0 spiro atoms. The molecule has 0 bridgehead atoms. The molecule has 0 aliphatic carbocycles. The highest BCUT2D eigenvalue weighted by atomic mass is 16.2. The number of rotatable bonds is 3. The largest absolute Gasteiger partial charge is 0.335 e. The number of piperidine rings is 1. The molecule has 1 aromatic carbocycles. The van der Waals surface area contributed by atoms with Crippen LogP contribution in [0.2, 0.25) is 0 Å². The van der Waals surface area contributed by atoms with E-state index in [-0.39, 0.29) is 18.2 Å². The highest BCUT2D eigenvalue weighted by Gasteiger charge is 2.39. The fraction of sp³-hybridized carbons (Fsp3) is 0.467. The van der Waals surface area contributed by atoms with Crippen molar-refractivity contribution in [2.75, 3.05) is 13.1 Å². The van der Waals surface area contributed by atoms with Crippen LogP contribution in [0.25, 0.3) is 0 Å². The molecule has 5 heteroatoms. The summed E-state index contributed by atoms with van der Waals surface area (Å²) in [6.07, 6.45) is 4.82. The minimum Gasteiger partial charge on any atom is -0.335 e. The normalized spacial score (nSPS) is 27.4. The van der Waals surface area contributed by atoms with Crippen molar-refractivity contribution in [1.82, 2.24) is 15.1 Å². The second kappa shape index (κ2) is 5.63. The van der Waals surface area contributed by atoms with Gasteiger partial charge in [0.1, 0.15) is 6.17 Å². The molecule has 1 N–H and O–H groups in total. The van der Waals surface area contributed by atoms with Gasteiger partial charge in [-0.3, -0.25) is 9.59 Å². The molecule has 2 amide bonds. The number of hydrogen-bond acceptors (Lipinski definition) is 3. The summed E-state index contributed by atoms with van der Waals surface area (Å²) in [5.74, 6) is 0.00951. The summed E-state index contributed by atoms with van der Waals surface area (Å²) in [6.45, 7) is 1.06. The number of carbonyl (C=O) groups excluding carboxylic acids is 2. The van der Waals surface area contributed by atoms with Crippen LogP contribution in [0, 0.1) is 0 Å². The molecule has 0 saturated carbocycles. The Morgan fingerprint density at radius 2 is 2.00 bits per heavy atom. The molecule has 2 aliphatic rings. The van der Waals surface area contributed by atoms with Crippen molar-refractivity contribution in [1.29, 1.82) is 0 Å². The minimum absolute atomic E-state index is 0.00951. The fourth-order valence-electron chi connectivity index (χ4n) is 3.09. The number of nitrogens with one attached hydrogen (secondary N) is 1. The first-order chi connectivity index (χ1) is 9.79. The van der Waals surface area contributed by atoms with E-state index in [1.807, 2.05) is 36.7 Å². The molecule has 3 rings (SSSR count). The van der Waals surface area contributed by atoms with Crippen molar-refractivity contribution >= 4 is 12.3 Å². The lowest BCUT2D eigenvalue weighted by Crippen LogP contribution is -2.50. The Bertz CT molecular complexity index is 491. The van der Waals surface area contributed by atoms with Gasteiger partial charge in [0, 0.05) is 6.54 Å². The van der Waals surface area contributed by atoms with Gasteiger partial charge in [-0.05, 0) is 24.8 Å². The first-order valence-corrected chi connectivity index (χ1v) is 7.04. The number of benzene rings is 1. The van der Waals surface area contributed by atoms with E-state index in [9.17, 15) is 9.59 Å². The standard InChI is InChI=1S/C15H18N3O2/c19-11-17-9-5-4-8-14(17)18-10-13(20)16-15(18)12-6-2-1-3-7-12/h1-3,6-7,14-15H,4-5,8-10H2,(H,16,20). The van der Waals surface area contributed by atoms with E-state index in [2.05, 4.69) is 10.2 Å².